The number of carbonyl (C=O) groups is 2. The van der Waals surface area contributed by atoms with Crippen LogP contribution in [0.25, 0.3) is 0 Å². The zero-order valence-electron chi connectivity index (χ0n) is 10.9. The summed E-state index contributed by atoms with van der Waals surface area (Å²) < 4.78 is 4.68. The highest BCUT2D eigenvalue weighted by Crippen LogP contribution is 2.15. The van der Waals surface area contributed by atoms with Crippen molar-refractivity contribution in [2.75, 3.05) is 7.11 Å². The van der Waals surface area contributed by atoms with Crippen molar-refractivity contribution in [2.45, 2.75) is 19.4 Å². The van der Waals surface area contributed by atoms with Gasteiger partial charge in [0.2, 0.25) is 5.91 Å². The first kappa shape index (κ1) is 14.7. The molecule has 0 spiro atoms. The van der Waals surface area contributed by atoms with Crippen LogP contribution >= 0.6 is 0 Å². The third kappa shape index (κ3) is 3.81. The van der Waals surface area contributed by atoms with Crippen LogP contribution in [-0.4, -0.2) is 19.0 Å². The lowest BCUT2D eigenvalue weighted by molar-refractivity contribution is -0.145. The van der Waals surface area contributed by atoms with Crippen LogP contribution in [0.15, 0.2) is 30.3 Å². The second kappa shape index (κ2) is 7.17. The zero-order chi connectivity index (χ0) is 14.3. The summed E-state index contributed by atoms with van der Waals surface area (Å²) in [6, 6.07) is 9.78. The van der Waals surface area contributed by atoms with Crippen molar-refractivity contribution in [1.82, 2.24) is 5.32 Å². The average molecular weight is 260 g/mol. The molecular formula is C14H16N2O3. The van der Waals surface area contributed by atoms with Crippen LogP contribution in [0.1, 0.15) is 24.9 Å². The highest BCUT2D eigenvalue weighted by atomic mass is 16.5. The van der Waals surface area contributed by atoms with Crippen molar-refractivity contribution in [3.05, 3.63) is 35.9 Å². The summed E-state index contributed by atoms with van der Waals surface area (Å²) in [5.74, 6) is -1.80. The number of ether oxygens (including phenoxy) is 1. The van der Waals surface area contributed by atoms with Crippen LogP contribution < -0.4 is 5.32 Å². The van der Waals surface area contributed by atoms with Crippen molar-refractivity contribution in [3.63, 3.8) is 0 Å². The summed E-state index contributed by atoms with van der Waals surface area (Å²) in [5, 5.41) is 11.4. The number of carbonyl (C=O) groups excluding carboxylic acids is 2. The molecule has 100 valence electrons. The van der Waals surface area contributed by atoms with Crippen LogP contribution in [0.2, 0.25) is 0 Å². The van der Waals surface area contributed by atoms with E-state index in [1.54, 1.807) is 31.2 Å². The molecule has 0 aliphatic heterocycles. The topological polar surface area (TPSA) is 79.2 Å². The summed E-state index contributed by atoms with van der Waals surface area (Å²) >= 11 is 0. The summed E-state index contributed by atoms with van der Waals surface area (Å²) in [7, 11) is 1.26. The second-order valence-electron chi connectivity index (χ2n) is 3.97. The Balaban J connectivity index is 2.92. The van der Waals surface area contributed by atoms with Gasteiger partial charge in [0.1, 0.15) is 5.92 Å². The maximum Gasteiger partial charge on any atom is 0.333 e. The van der Waals surface area contributed by atoms with E-state index >= 15 is 0 Å². The van der Waals surface area contributed by atoms with Gasteiger partial charge in [-0.2, -0.15) is 5.26 Å². The molecule has 5 heteroatoms. The predicted molar refractivity (Wildman–Crippen MR) is 68.7 cm³/mol. The molecular weight excluding hydrogens is 244 g/mol. The van der Waals surface area contributed by atoms with Crippen LogP contribution in [0.4, 0.5) is 0 Å². The van der Waals surface area contributed by atoms with Gasteiger partial charge in [-0.3, -0.25) is 4.79 Å². The fraction of sp³-hybridized carbons (Fsp3) is 0.357. The Labute approximate surface area is 112 Å². The minimum atomic E-state index is -0.888. The van der Waals surface area contributed by atoms with Gasteiger partial charge in [-0.25, -0.2) is 4.79 Å². The first-order chi connectivity index (χ1) is 9.13. The SMILES string of the molecule is CCC(C#N)C(=O)NC(C(=O)OC)c1ccccc1. The molecule has 0 fully saturated rings. The van der Waals surface area contributed by atoms with Gasteiger partial charge in [0.25, 0.3) is 0 Å². The summed E-state index contributed by atoms with van der Waals surface area (Å²) in [6.07, 6.45) is 0.394. The van der Waals surface area contributed by atoms with Gasteiger partial charge in [-0.15, -0.1) is 0 Å². The quantitative estimate of drug-likeness (QED) is 0.815. The molecule has 1 aromatic carbocycles. The molecule has 2 unspecified atom stereocenters. The van der Waals surface area contributed by atoms with Crippen LogP contribution in [0.5, 0.6) is 0 Å². The molecule has 19 heavy (non-hydrogen) atoms. The van der Waals surface area contributed by atoms with Gasteiger partial charge in [-0.05, 0) is 12.0 Å². The maximum atomic E-state index is 11.9. The van der Waals surface area contributed by atoms with Crippen LogP contribution in [0.3, 0.4) is 0 Å². The first-order valence-electron chi connectivity index (χ1n) is 5.96. The number of methoxy groups -OCH3 is 1. The van der Waals surface area contributed by atoms with Crippen LogP contribution in [-0.2, 0) is 14.3 Å². The molecule has 0 saturated heterocycles. The molecule has 0 aliphatic rings. The van der Waals surface area contributed by atoms with Gasteiger partial charge in [0.05, 0.1) is 13.2 Å². The van der Waals surface area contributed by atoms with Gasteiger partial charge in [0, 0.05) is 0 Å². The average Bonchev–Trinajstić information content (AvgIpc) is 2.46. The Bertz CT molecular complexity index is 479. The lowest BCUT2D eigenvalue weighted by Crippen LogP contribution is -2.37. The molecule has 1 amide bonds. The molecule has 1 rings (SSSR count). The smallest absolute Gasteiger partial charge is 0.333 e. The first-order valence-corrected chi connectivity index (χ1v) is 5.96. The molecule has 0 radical (unpaired) electrons. The molecule has 2 atom stereocenters. The molecule has 0 saturated carbocycles. The molecule has 1 aromatic rings. The van der Waals surface area contributed by atoms with Crippen LogP contribution in [0, 0.1) is 17.2 Å². The third-order valence-corrected chi connectivity index (χ3v) is 2.74. The highest BCUT2D eigenvalue weighted by molar-refractivity contribution is 5.87. The Morgan fingerprint density at radius 1 is 1.37 bits per heavy atom. The Hall–Kier alpha value is -2.35. The predicted octanol–water partition coefficient (Wildman–Crippen LogP) is 1.57. The lowest BCUT2D eigenvalue weighted by atomic mass is 10.0. The molecule has 0 heterocycles. The number of nitrogens with zero attached hydrogens (tertiary/aromatic N) is 1. The fourth-order valence-corrected chi connectivity index (χ4v) is 1.62. The standard InChI is InChI=1S/C14H16N2O3/c1-3-10(9-15)13(17)16-12(14(18)19-2)11-7-5-4-6-8-11/h4-8,10,12H,3H2,1-2H3,(H,16,17). The Morgan fingerprint density at radius 3 is 2.47 bits per heavy atom. The molecule has 5 nitrogen and oxygen atoms in total. The Morgan fingerprint density at radius 2 is 2.00 bits per heavy atom. The van der Waals surface area contributed by atoms with E-state index in [1.165, 1.54) is 7.11 Å². The second-order valence-corrected chi connectivity index (χ2v) is 3.97. The van der Waals surface area contributed by atoms with Crippen molar-refractivity contribution in [2.24, 2.45) is 5.92 Å². The number of nitriles is 1. The monoisotopic (exact) mass is 260 g/mol. The number of nitrogens with one attached hydrogen (secondary N) is 1. The number of hydrogen-bond donors (Lipinski definition) is 1. The van der Waals surface area contributed by atoms with E-state index in [-0.39, 0.29) is 0 Å². The summed E-state index contributed by atoms with van der Waals surface area (Å²) in [4.78, 5) is 23.6. The number of esters is 1. The van der Waals surface area contributed by atoms with E-state index < -0.39 is 23.8 Å². The van der Waals surface area contributed by atoms with E-state index in [1.807, 2.05) is 12.1 Å². The van der Waals surface area contributed by atoms with E-state index in [4.69, 9.17) is 5.26 Å². The zero-order valence-corrected chi connectivity index (χ0v) is 10.9. The molecule has 0 aromatic heterocycles. The van der Waals surface area contributed by atoms with Gasteiger partial charge in [0.15, 0.2) is 6.04 Å². The van der Waals surface area contributed by atoms with Crippen molar-refractivity contribution < 1.29 is 14.3 Å². The van der Waals surface area contributed by atoms with Gasteiger partial charge in [-0.1, -0.05) is 37.3 Å². The fourth-order valence-electron chi connectivity index (χ4n) is 1.62. The Kier molecular flexibility index (Phi) is 5.55. The minimum Gasteiger partial charge on any atom is -0.467 e. The molecule has 1 N–H and O–H groups in total. The summed E-state index contributed by atoms with van der Waals surface area (Å²) in [5.41, 5.74) is 0.621. The number of benzene rings is 1. The summed E-state index contributed by atoms with van der Waals surface area (Å²) in [6.45, 7) is 1.74. The minimum absolute atomic E-state index is 0.394. The molecule has 0 bridgehead atoms. The number of rotatable bonds is 5. The highest BCUT2D eigenvalue weighted by Gasteiger charge is 2.26. The number of amides is 1. The van der Waals surface area contributed by atoms with Crippen molar-refractivity contribution in [1.29, 1.82) is 5.26 Å². The lowest BCUT2D eigenvalue weighted by Gasteiger charge is -2.18. The maximum absolute atomic E-state index is 11.9. The van der Waals surface area contributed by atoms with Gasteiger partial charge < -0.3 is 10.1 Å². The van der Waals surface area contributed by atoms with Gasteiger partial charge >= 0.3 is 5.97 Å². The number of hydrogen-bond acceptors (Lipinski definition) is 4. The molecule has 0 aliphatic carbocycles. The van der Waals surface area contributed by atoms with E-state index in [0.29, 0.717) is 12.0 Å². The normalized spacial score (nSPS) is 12.9. The largest absolute Gasteiger partial charge is 0.467 e. The van der Waals surface area contributed by atoms with Crippen molar-refractivity contribution >= 4 is 11.9 Å². The van der Waals surface area contributed by atoms with E-state index in [0.717, 1.165) is 0 Å². The third-order valence-electron chi connectivity index (χ3n) is 2.74. The van der Waals surface area contributed by atoms with E-state index in [2.05, 4.69) is 10.1 Å². The van der Waals surface area contributed by atoms with Crippen molar-refractivity contribution in [3.8, 4) is 6.07 Å². The van der Waals surface area contributed by atoms with E-state index in [9.17, 15) is 9.59 Å².